The normalized spacial score (nSPS) is 20.1. The predicted octanol–water partition coefficient (Wildman–Crippen LogP) is 5.58. The van der Waals surface area contributed by atoms with Gasteiger partial charge in [-0.1, -0.05) is 57.4 Å². The number of ether oxygens (including phenoxy) is 3. The van der Waals surface area contributed by atoms with Gasteiger partial charge in [-0.05, 0) is 38.5 Å². The molecule has 0 spiro atoms. The van der Waals surface area contributed by atoms with Crippen LogP contribution in [-0.4, -0.2) is 35.0 Å². The van der Waals surface area contributed by atoms with Gasteiger partial charge in [-0.3, -0.25) is 10.1 Å². The first-order chi connectivity index (χ1) is 15.3. The number of carbonyl (C=O) groups is 1. The highest BCUT2D eigenvalue weighted by atomic mass is 16.7. The van der Waals surface area contributed by atoms with Crippen LogP contribution in [0.15, 0.2) is 36.9 Å². The molecule has 7 heteroatoms. The third-order valence-electron chi connectivity index (χ3n) is 5.19. The quantitative estimate of drug-likeness (QED) is 0.111. The molecular weight excluding hydrogens is 410 g/mol. The van der Waals surface area contributed by atoms with Crippen LogP contribution in [0.3, 0.4) is 0 Å². The third kappa shape index (κ3) is 8.10. The van der Waals surface area contributed by atoms with Gasteiger partial charge in [0.05, 0.1) is 22.7 Å². The van der Waals surface area contributed by atoms with Crippen molar-refractivity contribution in [2.45, 2.75) is 89.8 Å². The van der Waals surface area contributed by atoms with Crippen molar-refractivity contribution in [3.8, 4) is 11.8 Å². The molecule has 7 nitrogen and oxygen atoms in total. The summed E-state index contributed by atoms with van der Waals surface area (Å²) in [7, 11) is 0. The van der Waals surface area contributed by atoms with E-state index in [4.69, 9.17) is 14.2 Å². The molecular formula is C25H33NO6. The van der Waals surface area contributed by atoms with Gasteiger partial charge in [-0.2, -0.15) is 0 Å². The van der Waals surface area contributed by atoms with Gasteiger partial charge in [0, 0.05) is 18.6 Å². The summed E-state index contributed by atoms with van der Waals surface area (Å²) >= 11 is 0. The minimum Gasteiger partial charge on any atom is -0.441 e. The Morgan fingerprint density at radius 3 is 2.50 bits per heavy atom. The van der Waals surface area contributed by atoms with E-state index in [9.17, 15) is 14.9 Å². The average molecular weight is 444 g/mol. The molecule has 2 rings (SSSR count). The Hall–Kier alpha value is -2.69. The minimum atomic E-state index is -0.791. The Kier molecular flexibility index (Phi) is 9.89. The number of unbranched alkanes of at least 4 members (excludes halogenated alkanes) is 4. The van der Waals surface area contributed by atoms with Crippen LogP contribution in [0.2, 0.25) is 0 Å². The van der Waals surface area contributed by atoms with E-state index in [1.54, 1.807) is 0 Å². The maximum absolute atomic E-state index is 12.3. The second kappa shape index (κ2) is 12.4. The topological polar surface area (TPSA) is 87.9 Å². The van der Waals surface area contributed by atoms with Crippen LogP contribution in [0.4, 0.5) is 5.69 Å². The number of non-ortho nitro benzene ring substituents is 1. The lowest BCUT2D eigenvalue weighted by molar-refractivity contribution is -0.384. The number of nitro groups is 1. The van der Waals surface area contributed by atoms with Gasteiger partial charge >= 0.3 is 5.97 Å². The molecule has 1 saturated heterocycles. The van der Waals surface area contributed by atoms with Crippen LogP contribution in [-0.2, 0) is 14.2 Å². The molecule has 1 aliphatic rings. The smallest absolute Gasteiger partial charge is 0.339 e. The first-order valence-corrected chi connectivity index (χ1v) is 11.2. The van der Waals surface area contributed by atoms with E-state index in [1.807, 2.05) is 13.8 Å². The van der Waals surface area contributed by atoms with Crippen molar-refractivity contribution in [3.63, 3.8) is 0 Å². The second-order valence-electron chi connectivity index (χ2n) is 8.31. The van der Waals surface area contributed by atoms with Gasteiger partial charge < -0.3 is 14.2 Å². The van der Waals surface area contributed by atoms with Gasteiger partial charge in [0.15, 0.2) is 11.9 Å². The predicted molar refractivity (Wildman–Crippen MR) is 122 cm³/mol. The summed E-state index contributed by atoms with van der Waals surface area (Å²) in [5.74, 6) is 4.69. The number of benzene rings is 1. The van der Waals surface area contributed by atoms with Crippen molar-refractivity contribution in [2.75, 3.05) is 0 Å². The lowest BCUT2D eigenvalue weighted by atomic mass is 10.0. The molecule has 0 saturated carbocycles. The van der Waals surface area contributed by atoms with Crippen LogP contribution in [0.25, 0.3) is 0 Å². The zero-order chi connectivity index (χ0) is 23.6. The maximum atomic E-state index is 12.3. The number of hydrogen-bond acceptors (Lipinski definition) is 6. The average Bonchev–Trinajstić information content (AvgIpc) is 3.06. The van der Waals surface area contributed by atoms with E-state index in [0.29, 0.717) is 6.42 Å². The van der Waals surface area contributed by atoms with Crippen LogP contribution < -0.4 is 0 Å². The highest BCUT2D eigenvalue weighted by Gasteiger charge is 2.40. The third-order valence-corrected chi connectivity index (χ3v) is 5.19. The Balaban J connectivity index is 1.90. The van der Waals surface area contributed by atoms with E-state index in [-0.39, 0.29) is 23.5 Å². The first kappa shape index (κ1) is 25.6. The number of rotatable bonds is 11. The number of nitro benzene ring substituents is 1. The Labute approximate surface area is 190 Å². The van der Waals surface area contributed by atoms with E-state index < -0.39 is 22.8 Å². The Morgan fingerprint density at radius 1 is 1.22 bits per heavy atom. The molecule has 3 atom stereocenters. The molecule has 1 heterocycles. The molecule has 1 aliphatic heterocycles. The summed E-state index contributed by atoms with van der Waals surface area (Å²) in [6.07, 6.45) is 7.88. The van der Waals surface area contributed by atoms with Crippen molar-refractivity contribution in [3.05, 3.63) is 52.6 Å². The zero-order valence-corrected chi connectivity index (χ0v) is 19.2. The van der Waals surface area contributed by atoms with Crippen molar-refractivity contribution >= 4 is 11.7 Å². The monoisotopic (exact) mass is 443 g/mol. The maximum Gasteiger partial charge on any atom is 0.339 e. The van der Waals surface area contributed by atoms with Crippen molar-refractivity contribution in [1.29, 1.82) is 0 Å². The fourth-order valence-electron chi connectivity index (χ4n) is 3.57. The lowest BCUT2D eigenvalue weighted by Crippen LogP contribution is -2.22. The number of hydrogen-bond donors (Lipinski definition) is 0. The molecule has 0 bridgehead atoms. The van der Waals surface area contributed by atoms with Crippen LogP contribution in [0, 0.1) is 22.0 Å². The molecule has 0 N–H and O–H groups in total. The highest BCUT2D eigenvalue weighted by Crippen LogP contribution is 2.32. The molecule has 0 radical (unpaired) electrons. The minimum absolute atomic E-state index is 0.00855. The molecule has 0 amide bonds. The van der Waals surface area contributed by atoms with E-state index >= 15 is 0 Å². The Bertz CT molecular complexity index is 836. The zero-order valence-electron chi connectivity index (χ0n) is 19.2. The summed E-state index contributed by atoms with van der Waals surface area (Å²) in [4.78, 5) is 22.5. The Morgan fingerprint density at radius 2 is 1.88 bits per heavy atom. The van der Waals surface area contributed by atoms with Gasteiger partial charge in [0.2, 0.25) is 0 Å². The van der Waals surface area contributed by atoms with Gasteiger partial charge in [0.25, 0.3) is 5.69 Å². The molecule has 1 aromatic carbocycles. The molecule has 0 aromatic heterocycles. The van der Waals surface area contributed by atoms with Crippen LogP contribution >= 0.6 is 0 Å². The summed E-state index contributed by atoms with van der Waals surface area (Å²) in [5.41, 5.74) is 0.116. The van der Waals surface area contributed by atoms with Crippen LogP contribution in [0.5, 0.6) is 0 Å². The van der Waals surface area contributed by atoms with E-state index in [2.05, 4.69) is 25.3 Å². The summed E-state index contributed by atoms with van der Waals surface area (Å²) in [6, 6.07) is 5.22. The van der Waals surface area contributed by atoms with Crippen molar-refractivity contribution in [2.24, 2.45) is 0 Å². The number of nitrogens with zero attached hydrogens (tertiary/aromatic N) is 1. The standard InChI is InChI=1S/C25H33NO6/c1-5-7-8-9-10-13-22-23(32-25(3,4)31-22)14-11-12-21(6-2)30-24(27)19-15-17-20(18-16-19)26(28)29/h6,15-18,21-23H,2,5,7-10,13-14H2,1,3-4H3. The van der Waals surface area contributed by atoms with Gasteiger partial charge in [-0.15, -0.1) is 0 Å². The number of carbonyl (C=O) groups excluding carboxylic acids is 1. The van der Waals surface area contributed by atoms with Crippen molar-refractivity contribution in [1.82, 2.24) is 0 Å². The molecule has 174 valence electrons. The second-order valence-corrected chi connectivity index (χ2v) is 8.31. The SMILES string of the molecule is C=CC(C#CCC1OC(C)(C)OC1CCCCCCC)OC(=O)c1ccc([N+](=O)[O-])cc1. The lowest BCUT2D eigenvalue weighted by Gasteiger charge is -2.16. The summed E-state index contributed by atoms with van der Waals surface area (Å²) < 4.78 is 17.4. The molecule has 1 aromatic rings. The molecule has 1 fully saturated rings. The fraction of sp³-hybridized carbons (Fsp3) is 0.560. The largest absolute Gasteiger partial charge is 0.441 e. The molecule has 3 unspecified atom stereocenters. The molecule has 0 aliphatic carbocycles. The fourth-order valence-corrected chi connectivity index (χ4v) is 3.57. The van der Waals surface area contributed by atoms with E-state index in [1.165, 1.54) is 56.0 Å². The summed E-state index contributed by atoms with van der Waals surface area (Å²) in [5, 5.41) is 10.7. The van der Waals surface area contributed by atoms with Gasteiger partial charge in [0.1, 0.15) is 0 Å². The number of esters is 1. The van der Waals surface area contributed by atoms with E-state index in [0.717, 1.165) is 12.8 Å². The first-order valence-electron chi connectivity index (χ1n) is 11.2. The van der Waals surface area contributed by atoms with Crippen LogP contribution in [0.1, 0.15) is 76.1 Å². The highest BCUT2D eigenvalue weighted by molar-refractivity contribution is 5.90. The van der Waals surface area contributed by atoms with Crippen molar-refractivity contribution < 1.29 is 23.9 Å². The van der Waals surface area contributed by atoms with Gasteiger partial charge in [-0.25, -0.2) is 4.79 Å². The summed E-state index contributed by atoms with van der Waals surface area (Å²) in [6.45, 7) is 9.68. The molecule has 32 heavy (non-hydrogen) atoms.